The molecule has 0 radical (unpaired) electrons. The van der Waals surface area contributed by atoms with Crippen molar-refractivity contribution in [2.75, 3.05) is 6.61 Å². The van der Waals surface area contributed by atoms with Crippen LogP contribution in [0.25, 0.3) is 0 Å². The van der Waals surface area contributed by atoms with Gasteiger partial charge < -0.3 is 14.9 Å². The van der Waals surface area contributed by atoms with Crippen molar-refractivity contribution < 1.29 is 19.7 Å². The summed E-state index contributed by atoms with van der Waals surface area (Å²) in [7, 11) is 0. The van der Waals surface area contributed by atoms with Crippen LogP contribution >= 0.6 is 0 Å². The number of carbonyl (C=O) groups is 1. The third kappa shape index (κ3) is 3.60. The van der Waals surface area contributed by atoms with Gasteiger partial charge in [0.15, 0.2) is 0 Å². The van der Waals surface area contributed by atoms with E-state index in [1.165, 1.54) is 6.20 Å². The second kappa shape index (κ2) is 6.19. The average Bonchev–Trinajstić information content (AvgIpc) is 2.29. The molecule has 16 heavy (non-hydrogen) atoms. The first-order valence-corrected chi connectivity index (χ1v) is 5.06. The first-order valence-electron chi connectivity index (χ1n) is 5.06. The Morgan fingerprint density at radius 1 is 1.56 bits per heavy atom. The second-order valence-corrected chi connectivity index (χ2v) is 3.31. The molecule has 1 aromatic heterocycles. The number of aliphatic hydroxyl groups excluding tert-OH is 2. The van der Waals surface area contributed by atoms with Crippen LogP contribution in [-0.2, 0) is 9.53 Å². The van der Waals surface area contributed by atoms with Gasteiger partial charge in [-0.1, -0.05) is 6.07 Å². The molecule has 1 rings (SSSR count). The molecule has 5 heteroatoms. The lowest BCUT2D eigenvalue weighted by Gasteiger charge is -2.16. The zero-order valence-electron chi connectivity index (χ0n) is 9.04. The van der Waals surface area contributed by atoms with Gasteiger partial charge in [0.25, 0.3) is 0 Å². The van der Waals surface area contributed by atoms with Gasteiger partial charge in [-0.25, -0.2) is 0 Å². The molecule has 2 atom stereocenters. The zero-order chi connectivity index (χ0) is 12.0. The Morgan fingerprint density at radius 3 is 2.88 bits per heavy atom. The number of pyridine rings is 1. The molecule has 5 nitrogen and oxygen atoms in total. The molecule has 0 bridgehead atoms. The molecule has 0 aliphatic carbocycles. The van der Waals surface area contributed by atoms with E-state index in [1.54, 1.807) is 25.3 Å². The highest BCUT2D eigenvalue weighted by Crippen LogP contribution is 2.17. The predicted molar refractivity (Wildman–Crippen MR) is 56.5 cm³/mol. The summed E-state index contributed by atoms with van der Waals surface area (Å²) >= 11 is 0. The van der Waals surface area contributed by atoms with E-state index in [-0.39, 0.29) is 13.0 Å². The molecule has 0 aliphatic heterocycles. The fourth-order valence-corrected chi connectivity index (χ4v) is 1.28. The molecular weight excluding hydrogens is 210 g/mol. The van der Waals surface area contributed by atoms with Crippen molar-refractivity contribution in [2.24, 2.45) is 0 Å². The summed E-state index contributed by atoms with van der Waals surface area (Å²) in [5, 5.41) is 19.3. The Balaban J connectivity index is 2.54. The molecule has 1 aromatic rings. The Morgan fingerprint density at radius 2 is 2.31 bits per heavy atom. The van der Waals surface area contributed by atoms with Crippen LogP contribution in [0.5, 0.6) is 0 Å². The van der Waals surface area contributed by atoms with E-state index >= 15 is 0 Å². The smallest absolute Gasteiger partial charge is 0.308 e. The van der Waals surface area contributed by atoms with Gasteiger partial charge in [-0.15, -0.1) is 0 Å². The van der Waals surface area contributed by atoms with Gasteiger partial charge in [0.2, 0.25) is 0 Å². The Hall–Kier alpha value is -1.46. The van der Waals surface area contributed by atoms with Crippen LogP contribution < -0.4 is 0 Å². The number of aromatic nitrogens is 1. The SMILES string of the molecule is CCOC(=O)CC(O)C(O)c1cccnc1. The number of hydrogen-bond acceptors (Lipinski definition) is 5. The number of esters is 1. The highest BCUT2D eigenvalue weighted by molar-refractivity contribution is 5.70. The third-order valence-corrected chi connectivity index (χ3v) is 2.07. The number of nitrogens with zero attached hydrogens (tertiary/aromatic N) is 1. The van der Waals surface area contributed by atoms with Crippen molar-refractivity contribution in [1.82, 2.24) is 4.98 Å². The van der Waals surface area contributed by atoms with E-state index in [4.69, 9.17) is 0 Å². The van der Waals surface area contributed by atoms with Crippen LogP contribution in [0.2, 0.25) is 0 Å². The van der Waals surface area contributed by atoms with Crippen LogP contribution in [0.3, 0.4) is 0 Å². The lowest BCUT2D eigenvalue weighted by molar-refractivity contribution is -0.147. The summed E-state index contributed by atoms with van der Waals surface area (Å²) in [5.74, 6) is -0.530. The summed E-state index contributed by atoms with van der Waals surface area (Å²) in [4.78, 5) is 14.9. The minimum absolute atomic E-state index is 0.232. The fraction of sp³-hybridized carbons (Fsp3) is 0.455. The van der Waals surface area contributed by atoms with Crippen molar-refractivity contribution in [3.8, 4) is 0 Å². The van der Waals surface area contributed by atoms with E-state index in [0.29, 0.717) is 5.56 Å². The molecule has 0 saturated heterocycles. The summed E-state index contributed by atoms with van der Waals surface area (Å²) in [6, 6.07) is 3.28. The van der Waals surface area contributed by atoms with E-state index in [0.717, 1.165) is 0 Å². The maximum atomic E-state index is 11.1. The van der Waals surface area contributed by atoms with Crippen molar-refractivity contribution in [1.29, 1.82) is 0 Å². The van der Waals surface area contributed by atoms with E-state index < -0.39 is 18.2 Å². The van der Waals surface area contributed by atoms with Crippen molar-refractivity contribution in [2.45, 2.75) is 25.6 Å². The van der Waals surface area contributed by atoms with Gasteiger partial charge in [-0.05, 0) is 13.0 Å². The standard InChI is InChI=1S/C11H15NO4/c1-2-16-10(14)6-9(13)11(15)8-4-3-5-12-7-8/h3-5,7,9,11,13,15H,2,6H2,1H3. The monoisotopic (exact) mass is 225 g/mol. The molecular formula is C11H15NO4. The fourth-order valence-electron chi connectivity index (χ4n) is 1.28. The topological polar surface area (TPSA) is 79.7 Å². The zero-order valence-corrected chi connectivity index (χ0v) is 9.04. The van der Waals surface area contributed by atoms with Crippen LogP contribution in [-0.4, -0.2) is 33.9 Å². The molecule has 0 spiro atoms. The van der Waals surface area contributed by atoms with Gasteiger partial charge >= 0.3 is 5.97 Å². The Bertz CT molecular complexity index is 328. The lowest BCUT2D eigenvalue weighted by Crippen LogP contribution is -2.23. The van der Waals surface area contributed by atoms with Gasteiger partial charge in [0.05, 0.1) is 19.1 Å². The highest BCUT2D eigenvalue weighted by atomic mass is 16.5. The van der Waals surface area contributed by atoms with E-state index in [1.807, 2.05) is 0 Å². The lowest BCUT2D eigenvalue weighted by atomic mass is 10.0. The highest BCUT2D eigenvalue weighted by Gasteiger charge is 2.21. The summed E-state index contributed by atoms with van der Waals surface area (Å²) in [6.45, 7) is 1.94. The molecule has 0 amide bonds. The Labute approximate surface area is 93.7 Å². The largest absolute Gasteiger partial charge is 0.466 e. The van der Waals surface area contributed by atoms with Crippen molar-refractivity contribution in [3.63, 3.8) is 0 Å². The average molecular weight is 225 g/mol. The van der Waals surface area contributed by atoms with Crippen LogP contribution in [0, 0.1) is 0 Å². The normalized spacial score (nSPS) is 14.2. The number of rotatable bonds is 5. The quantitative estimate of drug-likeness (QED) is 0.710. The van der Waals surface area contributed by atoms with E-state index in [2.05, 4.69) is 9.72 Å². The van der Waals surface area contributed by atoms with Gasteiger partial charge in [-0.2, -0.15) is 0 Å². The third-order valence-electron chi connectivity index (χ3n) is 2.07. The van der Waals surface area contributed by atoms with Gasteiger partial charge in [-0.3, -0.25) is 9.78 Å². The van der Waals surface area contributed by atoms with Crippen LogP contribution in [0.1, 0.15) is 25.0 Å². The molecule has 88 valence electrons. The maximum absolute atomic E-state index is 11.1. The molecule has 0 aliphatic rings. The van der Waals surface area contributed by atoms with Gasteiger partial charge in [0.1, 0.15) is 6.10 Å². The summed E-state index contributed by atoms with van der Waals surface area (Å²) in [5.41, 5.74) is 0.472. The van der Waals surface area contributed by atoms with E-state index in [9.17, 15) is 15.0 Å². The Kier molecular flexibility index (Phi) is 4.88. The number of aliphatic hydroxyl groups is 2. The minimum atomic E-state index is -1.18. The first kappa shape index (κ1) is 12.6. The molecule has 2 N–H and O–H groups in total. The van der Waals surface area contributed by atoms with Crippen LogP contribution in [0.4, 0.5) is 0 Å². The van der Waals surface area contributed by atoms with Crippen molar-refractivity contribution in [3.05, 3.63) is 30.1 Å². The maximum Gasteiger partial charge on any atom is 0.308 e. The number of carbonyl (C=O) groups excluding carboxylic acids is 1. The summed E-state index contributed by atoms with van der Waals surface area (Å²) in [6.07, 6.45) is 0.470. The second-order valence-electron chi connectivity index (χ2n) is 3.31. The molecule has 0 saturated carbocycles. The predicted octanol–water partition coefficient (Wildman–Crippen LogP) is 0.429. The first-order chi connectivity index (χ1) is 7.65. The minimum Gasteiger partial charge on any atom is -0.466 e. The molecule has 0 aromatic carbocycles. The molecule has 1 heterocycles. The van der Waals surface area contributed by atoms with Crippen LogP contribution in [0.15, 0.2) is 24.5 Å². The summed E-state index contributed by atoms with van der Waals surface area (Å²) < 4.78 is 4.67. The number of hydrogen-bond donors (Lipinski definition) is 2. The van der Waals surface area contributed by atoms with Crippen molar-refractivity contribution >= 4 is 5.97 Å². The molecule has 0 fully saturated rings. The number of ether oxygens (including phenoxy) is 1. The molecule has 2 unspecified atom stereocenters. The van der Waals surface area contributed by atoms with Gasteiger partial charge in [0, 0.05) is 18.0 Å².